The molecule has 1 unspecified atom stereocenters. The van der Waals surface area contributed by atoms with Crippen molar-refractivity contribution in [1.82, 2.24) is 30.1 Å². The monoisotopic (exact) mass is 526 g/mol. The second kappa shape index (κ2) is 11.7. The molecule has 3 aromatic carbocycles. The van der Waals surface area contributed by atoms with Crippen LogP contribution in [0.25, 0.3) is 10.9 Å². The van der Waals surface area contributed by atoms with Gasteiger partial charge in [0, 0.05) is 35.7 Å². The molecule has 0 amide bonds. The van der Waals surface area contributed by atoms with Gasteiger partial charge in [-0.15, -0.1) is 5.10 Å². The normalized spacial score (nSPS) is 12.3. The number of tetrazole rings is 1. The maximum absolute atomic E-state index is 13.1. The van der Waals surface area contributed by atoms with Gasteiger partial charge in [0.2, 0.25) is 0 Å². The second-order valence-electron chi connectivity index (χ2n) is 9.63. The van der Waals surface area contributed by atoms with Crippen LogP contribution in [-0.4, -0.2) is 30.1 Å². The van der Waals surface area contributed by atoms with Crippen molar-refractivity contribution >= 4 is 22.5 Å². The maximum Gasteiger partial charge on any atom is 0.252 e. The molecule has 8 heteroatoms. The third-order valence-electron chi connectivity index (χ3n) is 6.92. The minimum Gasteiger partial charge on any atom is -0.322 e. The molecular formula is C30H31ClN6O. The fourth-order valence-corrected chi connectivity index (χ4v) is 5.12. The van der Waals surface area contributed by atoms with Crippen LogP contribution in [0.15, 0.2) is 83.7 Å². The first kappa shape index (κ1) is 25.8. The van der Waals surface area contributed by atoms with Gasteiger partial charge in [-0.2, -0.15) is 0 Å². The summed E-state index contributed by atoms with van der Waals surface area (Å²) in [5.41, 5.74) is 4.80. The SMILES string of the molecule is CCC(c1nnnn1CCc1ccccc1)N(Cc1ccccc1Cl)Cc1cc2cc(C)ccc2[nH]c1=O. The number of fused-ring (bicyclic) bond motifs is 1. The molecule has 7 nitrogen and oxygen atoms in total. The van der Waals surface area contributed by atoms with Gasteiger partial charge in [0.1, 0.15) is 0 Å². The van der Waals surface area contributed by atoms with Gasteiger partial charge in [0.25, 0.3) is 5.56 Å². The number of rotatable bonds is 10. The molecule has 0 saturated heterocycles. The lowest BCUT2D eigenvalue weighted by Crippen LogP contribution is -2.32. The van der Waals surface area contributed by atoms with Crippen molar-refractivity contribution in [2.24, 2.45) is 0 Å². The summed E-state index contributed by atoms with van der Waals surface area (Å²) in [6.07, 6.45) is 1.59. The molecule has 5 aromatic rings. The minimum absolute atomic E-state index is 0.0935. The van der Waals surface area contributed by atoms with Gasteiger partial charge in [-0.3, -0.25) is 9.69 Å². The summed E-state index contributed by atoms with van der Waals surface area (Å²) >= 11 is 6.58. The molecular weight excluding hydrogens is 496 g/mol. The van der Waals surface area contributed by atoms with Crippen LogP contribution in [0.3, 0.4) is 0 Å². The zero-order chi connectivity index (χ0) is 26.5. The van der Waals surface area contributed by atoms with Gasteiger partial charge in [-0.05, 0) is 71.0 Å². The van der Waals surface area contributed by atoms with Gasteiger partial charge in [-0.25, -0.2) is 4.68 Å². The highest BCUT2D eigenvalue weighted by atomic mass is 35.5. The number of nitrogens with one attached hydrogen (secondary N) is 1. The van der Waals surface area contributed by atoms with E-state index in [4.69, 9.17) is 11.6 Å². The summed E-state index contributed by atoms with van der Waals surface area (Å²) in [6.45, 7) is 5.81. The number of hydrogen-bond acceptors (Lipinski definition) is 5. The van der Waals surface area contributed by atoms with Gasteiger partial charge in [0.15, 0.2) is 5.82 Å². The third kappa shape index (κ3) is 5.85. The van der Waals surface area contributed by atoms with Crippen molar-refractivity contribution in [1.29, 1.82) is 0 Å². The topological polar surface area (TPSA) is 79.7 Å². The molecule has 0 radical (unpaired) electrons. The van der Waals surface area contributed by atoms with Crippen LogP contribution in [0.5, 0.6) is 0 Å². The summed E-state index contributed by atoms with van der Waals surface area (Å²) in [4.78, 5) is 18.4. The number of H-pyrrole nitrogens is 1. The molecule has 0 aliphatic rings. The smallest absolute Gasteiger partial charge is 0.252 e. The van der Waals surface area contributed by atoms with E-state index >= 15 is 0 Å². The standard InChI is InChI=1S/C30H31ClN6O/c1-3-28(29-33-34-35-37(29)16-15-22-9-5-4-6-10-22)36(19-23-11-7-8-12-26(23)31)20-25-18-24-17-21(2)13-14-27(24)32-30(25)38/h4-14,17-18,28H,3,15-16,19-20H2,1-2H3,(H,32,38). The summed E-state index contributed by atoms with van der Waals surface area (Å²) < 4.78 is 1.88. The molecule has 0 fully saturated rings. The van der Waals surface area contributed by atoms with Gasteiger partial charge >= 0.3 is 0 Å². The molecule has 1 N–H and O–H groups in total. The second-order valence-corrected chi connectivity index (χ2v) is 10.0. The van der Waals surface area contributed by atoms with Crippen LogP contribution < -0.4 is 5.56 Å². The fourth-order valence-electron chi connectivity index (χ4n) is 4.92. The fraction of sp³-hybridized carbons (Fsp3) is 0.267. The van der Waals surface area contributed by atoms with E-state index < -0.39 is 0 Å². The number of benzene rings is 3. The van der Waals surface area contributed by atoms with Crippen LogP contribution in [0.1, 0.15) is 47.5 Å². The lowest BCUT2D eigenvalue weighted by Gasteiger charge is -2.30. The van der Waals surface area contributed by atoms with Gasteiger partial charge in [-0.1, -0.05) is 78.7 Å². The maximum atomic E-state index is 13.1. The van der Waals surface area contributed by atoms with E-state index in [-0.39, 0.29) is 11.6 Å². The highest BCUT2D eigenvalue weighted by Gasteiger charge is 2.26. The Morgan fingerprint density at radius 1 is 0.974 bits per heavy atom. The first-order chi connectivity index (χ1) is 18.5. The summed E-state index contributed by atoms with van der Waals surface area (Å²) in [6, 6.07) is 26.1. The summed E-state index contributed by atoms with van der Waals surface area (Å²) in [5, 5.41) is 14.5. The predicted molar refractivity (Wildman–Crippen MR) is 151 cm³/mol. The van der Waals surface area contributed by atoms with Crippen LogP contribution in [0.2, 0.25) is 5.02 Å². The molecule has 38 heavy (non-hydrogen) atoms. The molecule has 0 saturated carbocycles. The van der Waals surface area contributed by atoms with E-state index in [0.717, 1.165) is 40.7 Å². The van der Waals surface area contributed by atoms with E-state index in [2.05, 4.69) is 57.5 Å². The number of hydrogen-bond donors (Lipinski definition) is 1. The molecule has 1 atom stereocenters. The Kier molecular flexibility index (Phi) is 7.96. The molecule has 0 aliphatic carbocycles. The lowest BCUT2D eigenvalue weighted by molar-refractivity contribution is 0.160. The average Bonchev–Trinajstić information content (AvgIpc) is 3.38. The Morgan fingerprint density at radius 3 is 2.53 bits per heavy atom. The Labute approximate surface area is 227 Å². The number of aromatic amines is 1. The van der Waals surface area contributed by atoms with E-state index in [9.17, 15) is 4.79 Å². The number of aryl methyl sites for hydroxylation is 3. The average molecular weight is 527 g/mol. The van der Waals surface area contributed by atoms with Gasteiger partial charge in [0.05, 0.1) is 6.04 Å². The van der Waals surface area contributed by atoms with Crippen molar-refractivity contribution in [3.05, 3.63) is 122 Å². The van der Waals surface area contributed by atoms with E-state index in [1.807, 2.05) is 65.3 Å². The Morgan fingerprint density at radius 2 is 1.74 bits per heavy atom. The predicted octanol–water partition coefficient (Wildman–Crippen LogP) is 5.87. The van der Waals surface area contributed by atoms with Crippen molar-refractivity contribution in [3.8, 4) is 0 Å². The molecule has 2 aromatic heterocycles. The number of halogens is 1. The molecule has 5 rings (SSSR count). The van der Waals surface area contributed by atoms with Crippen molar-refractivity contribution in [2.45, 2.75) is 52.4 Å². The van der Waals surface area contributed by atoms with E-state index in [0.29, 0.717) is 30.2 Å². The van der Waals surface area contributed by atoms with Crippen LogP contribution >= 0.6 is 11.6 Å². The molecule has 0 aliphatic heterocycles. The number of pyridine rings is 1. The van der Waals surface area contributed by atoms with Crippen molar-refractivity contribution < 1.29 is 0 Å². The van der Waals surface area contributed by atoms with E-state index in [1.165, 1.54) is 5.56 Å². The summed E-state index contributed by atoms with van der Waals surface area (Å²) in [7, 11) is 0. The molecule has 0 bridgehead atoms. The number of aromatic nitrogens is 5. The first-order valence-corrected chi connectivity index (χ1v) is 13.3. The van der Waals surface area contributed by atoms with Crippen molar-refractivity contribution in [2.75, 3.05) is 0 Å². The first-order valence-electron chi connectivity index (χ1n) is 12.9. The van der Waals surface area contributed by atoms with Gasteiger partial charge < -0.3 is 4.98 Å². The quantitative estimate of drug-likeness (QED) is 0.246. The van der Waals surface area contributed by atoms with Crippen LogP contribution in [0, 0.1) is 6.92 Å². The highest BCUT2D eigenvalue weighted by molar-refractivity contribution is 6.31. The minimum atomic E-state index is -0.121. The zero-order valence-corrected chi connectivity index (χ0v) is 22.4. The van der Waals surface area contributed by atoms with Crippen molar-refractivity contribution in [3.63, 3.8) is 0 Å². The van der Waals surface area contributed by atoms with E-state index in [1.54, 1.807) is 0 Å². The Hall–Kier alpha value is -3.81. The van der Waals surface area contributed by atoms with Crippen LogP contribution in [0.4, 0.5) is 0 Å². The number of nitrogens with zero attached hydrogens (tertiary/aromatic N) is 5. The van der Waals surface area contributed by atoms with Crippen LogP contribution in [-0.2, 0) is 26.1 Å². The molecule has 0 spiro atoms. The Bertz CT molecular complexity index is 1580. The molecule has 2 heterocycles. The Balaban J connectivity index is 1.49. The third-order valence-corrected chi connectivity index (χ3v) is 7.29. The highest BCUT2D eigenvalue weighted by Crippen LogP contribution is 2.28. The molecule has 194 valence electrons. The summed E-state index contributed by atoms with van der Waals surface area (Å²) in [5.74, 6) is 0.781. The zero-order valence-electron chi connectivity index (χ0n) is 21.6. The lowest BCUT2D eigenvalue weighted by atomic mass is 10.1. The largest absolute Gasteiger partial charge is 0.322 e.